The van der Waals surface area contributed by atoms with E-state index in [0.717, 1.165) is 14.2 Å². The molecule has 6 heterocycles. The van der Waals surface area contributed by atoms with Gasteiger partial charge in [-0.05, 0) is 76.7 Å². The molecule has 0 radical (unpaired) electrons. The summed E-state index contributed by atoms with van der Waals surface area (Å²) in [6.45, 7) is 0. The molecule has 0 aliphatic heterocycles. The van der Waals surface area contributed by atoms with Crippen molar-refractivity contribution in [2.75, 3.05) is 42.4 Å². The molecule has 0 aliphatic rings. The van der Waals surface area contributed by atoms with Crippen molar-refractivity contribution in [3.63, 3.8) is 0 Å². The molecule has 8 rings (SSSR count). The Labute approximate surface area is 406 Å². The van der Waals surface area contributed by atoms with Gasteiger partial charge in [-0.25, -0.2) is 18.3 Å². The van der Waals surface area contributed by atoms with Crippen LogP contribution in [0.1, 0.15) is 0 Å². The van der Waals surface area contributed by atoms with E-state index in [1.54, 1.807) is 0 Å². The smallest absolute Gasteiger partial charge is 0.355 e. The standard InChI is InChI=1S/C24H26N5.C18H20N3.4CH5N.2CH4O.2Ru/c1-25-21(23-26(2)17-11-6-7-12-18(17)27(23)3)15-10-16-22(25)24-28(4)19-13-8-9-14-20(19)29(24)5;1-19-13-6-4-9-15(19)17-11-8-12-18(21(17)3)16-10-5-7-14-20(16)2;6*1-2;;/h6-16H,1-5H3;4-14H,1-3H3;4*2H2,1H3;2*2H,1H3;;/q2*+3;;;;;;;;. The quantitative estimate of drug-likeness (QED) is 0.115. The van der Waals surface area contributed by atoms with Crippen LogP contribution in [0.25, 0.3) is 67.9 Å². The van der Waals surface area contributed by atoms with Crippen molar-refractivity contribution in [3.05, 3.63) is 134 Å². The van der Waals surface area contributed by atoms with Gasteiger partial charge in [-0.15, -0.1) is 0 Å². The van der Waals surface area contributed by atoms with Gasteiger partial charge >= 0.3 is 11.6 Å². The van der Waals surface area contributed by atoms with E-state index >= 15 is 0 Å². The second kappa shape index (κ2) is 31.8. The van der Waals surface area contributed by atoms with Crippen molar-refractivity contribution < 1.29 is 76.6 Å². The molecule has 0 aliphatic carbocycles. The second-order valence-corrected chi connectivity index (χ2v) is 13.0. The number of aliphatic hydroxyl groups is 2. The molecular weight excluding hydrogens is 979 g/mol. The Morgan fingerprint density at radius 2 is 0.609 bits per heavy atom. The Balaban J connectivity index is 0. The Kier molecular flexibility index (Phi) is 30.3. The van der Waals surface area contributed by atoms with Crippen molar-refractivity contribution in [2.45, 2.75) is 0 Å². The molecule has 0 spiro atoms. The van der Waals surface area contributed by atoms with E-state index in [-0.39, 0.29) is 39.0 Å². The number of rotatable bonds is 4. The number of hydrogen-bond donors (Lipinski definition) is 6. The van der Waals surface area contributed by atoms with Gasteiger partial charge in [0.15, 0.2) is 34.5 Å². The molecule has 348 valence electrons. The summed E-state index contributed by atoms with van der Waals surface area (Å²) < 4.78 is 17.9. The average Bonchev–Trinajstić information content (AvgIpc) is 3.74. The minimum atomic E-state index is 0. The molecule has 2 aromatic carbocycles. The summed E-state index contributed by atoms with van der Waals surface area (Å²) >= 11 is 0. The van der Waals surface area contributed by atoms with Crippen LogP contribution in [0.2, 0.25) is 0 Å². The number of aromatic nitrogens is 8. The maximum absolute atomic E-state index is 7.00. The molecule has 16 heteroatoms. The number of aryl methyl sites for hydroxylation is 6. The predicted octanol–water partition coefficient (Wildman–Crippen LogP) is 1.48. The van der Waals surface area contributed by atoms with E-state index in [9.17, 15) is 0 Å². The molecule has 0 bridgehead atoms. The van der Waals surface area contributed by atoms with Crippen LogP contribution in [0, 0.1) is 0 Å². The SMILES string of the molecule is CN.CN.CN.CN.CO.CO.C[n+]1ccccc1-c1cccc(-c2cccc[n+]2C)[n+]1C.Cn1c(-c2cccc(-c3n(C)c4ccccc4[n+]3C)[n+]2C)[n+](C)c2ccccc21.[Ru].[Ru]. The minimum Gasteiger partial charge on any atom is -0.400 e. The van der Waals surface area contributed by atoms with Gasteiger partial charge in [0.1, 0.15) is 28.2 Å². The molecule has 10 N–H and O–H groups in total. The molecule has 0 atom stereocenters. The fourth-order valence-electron chi connectivity index (χ4n) is 7.37. The molecule has 0 fully saturated rings. The van der Waals surface area contributed by atoms with Crippen LogP contribution < -0.4 is 50.3 Å². The van der Waals surface area contributed by atoms with E-state index in [2.05, 4.69) is 237 Å². The first kappa shape index (κ1) is 61.1. The summed E-state index contributed by atoms with van der Waals surface area (Å²) in [5.74, 6) is 2.36. The third-order valence-corrected chi connectivity index (χ3v) is 10.0. The van der Waals surface area contributed by atoms with Crippen molar-refractivity contribution >= 4 is 22.1 Å². The zero-order chi connectivity index (χ0) is 47.1. The molecule has 0 saturated carbocycles. The van der Waals surface area contributed by atoms with Gasteiger partial charge in [0.05, 0.1) is 28.2 Å². The number of benzene rings is 2. The molecule has 0 amide bonds. The minimum absolute atomic E-state index is 0. The van der Waals surface area contributed by atoms with Crippen molar-refractivity contribution in [1.82, 2.24) is 9.13 Å². The molecular formula is C48H74N12O2Ru2+6. The Morgan fingerprint density at radius 3 is 0.922 bits per heavy atom. The van der Waals surface area contributed by atoms with Crippen LogP contribution in [0.15, 0.2) is 134 Å². The largest absolute Gasteiger partial charge is 0.400 e. The van der Waals surface area contributed by atoms with Crippen LogP contribution >= 0.6 is 0 Å². The fourth-order valence-corrected chi connectivity index (χ4v) is 7.37. The number of nitrogens with zero attached hydrogens (tertiary/aromatic N) is 8. The summed E-state index contributed by atoms with van der Waals surface area (Å²) in [6, 6.07) is 42.6. The zero-order valence-electron chi connectivity index (χ0n) is 40.2. The number of pyridine rings is 4. The van der Waals surface area contributed by atoms with Crippen LogP contribution in [0.4, 0.5) is 0 Å². The first-order chi connectivity index (χ1) is 30.2. The number of fused-ring (bicyclic) bond motifs is 2. The van der Waals surface area contributed by atoms with Gasteiger partial charge in [-0.3, -0.25) is 0 Å². The van der Waals surface area contributed by atoms with Gasteiger partial charge in [-0.2, -0.15) is 18.3 Å². The molecule has 0 unspecified atom stereocenters. The maximum atomic E-state index is 7.00. The first-order valence-corrected chi connectivity index (χ1v) is 20.1. The number of aliphatic hydroxyl groups excluding tert-OH is 2. The number of hydrogen-bond acceptors (Lipinski definition) is 6. The van der Waals surface area contributed by atoms with Crippen molar-refractivity contribution in [3.8, 4) is 45.8 Å². The third-order valence-electron chi connectivity index (χ3n) is 10.0. The van der Waals surface area contributed by atoms with Crippen LogP contribution in [0.3, 0.4) is 0 Å². The molecule has 0 saturated heterocycles. The van der Waals surface area contributed by atoms with Crippen molar-refractivity contribution in [2.24, 2.45) is 79.3 Å². The van der Waals surface area contributed by atoms with Gasteiger partial charge in [0.25, 0.3) is 34.2 Å². The predicted molar refractivity (Wildman–Crippen MR) is 251 cm³/mol. The molecule has 8 aromatic rings. The normalized spacial score (nSPS) is 9.31. The van der Waals surface area contributed by atoms with Crippen LogP contribution in [0.5, 0.6) is 0 Å². The monoisotopic (exact) mass is 1050 g/mol. The van der Waals surface area contributed by atoms with E-state index in [4.69, 9.17) is 10.2 Å². The molecule has 64 heavy (non-hydrogen) atoms. The van der Waals surface area contributed by atoms with E-state index in [0.29, 0.717) is 0 Å². The van der Waals surface area contributed by atoms with E-state index in [1.165, 1.54) is 96.1 Å². The summed E-state index contributed by atoms with van der Waals surface area (Å²) in [4.78, 5) is 0. The number of para-hydroxylation sites is 4. The van der Waals surface area contributed by atoms with Crippen molar-refractivity contribution in [1.29, 1.82) is 0 Å². The first-order valence-electron chi connectivity index (χ1n) is 20.1. The summed E-state index contributed by atoms with van der Waals surface area (Å²) in [6.07, 6.45) is 4.15. The Hall–Kier alpha value is -5.01. The maximum Gasteiger partial charge on any atom is 0.355 e. The topological polar surface area (TPSA) is 178 Å². The summed E-state index contributed by atoms with van der Waals surface area (Å²) in [7, 11) is 25.0. The van der Waals surface area contributed by atoms with Crippen LogP contribution in [-0.4, -0.2) is 61.8 Å². The summed E-state index contributed by atoms with van der Waals surface area (Å²) in [5.41, 5.74) is 30.0. The van der Waals surface area contributed by atoms with Gasteiger partial charge in [0, 0.05) is 102 Å². The average molecular weight is 1050 g/mol. The number of nitrogens with two attached hydrogens (primary N) is 4. The third kappa shape index (κ3) is 13.5. The molecule has 14 nitrogen and oxygen atoms in total. The zero-order valence-corrected chi connectivity index (χ0v) is 43.7. The molecule has 6 aromatic heterocycles. The van der Waals surface area contributed by atoms with Gasteiger partial charge < -0.3 is 33.1 Å². The Bertz CT molecular complexity index is 2330. The Morgan fingerprint density at radius 1 is 0.344 bits per heavy atom. The fraction of sp³-hybridized carbons (Fsp3) is 0.292. The van der Waals surface area contributed by atoms with Gasteiger partial charge in [-0.1, -0.05) is 24.3 Å². The summed E-state index contributed by atoms with van der Waals surface area (Å²) in [5, 5.41) is 14.0. The van der Waals surface area contributed by atoms with Gasteiger partial charge in [0.2, 0.25) is 0 Å². The van der Waals surface area contributed by atoms with E-state index in [1.807, 2.05) is 12.1 Å². The second-order valence-electron chi connectivity index (χ2n) is 13.0. The van der Waals surface area contributed by atoms with Crippen LogP contribution in [-0.2, 0) is 95.3 Å². The van der Waals surface area contributed by atoms with E-state index < -0.39 is 0 Å². The number of imidazole rings is 2.